The van der Waals surface area contributed by atoms with E-state index in [1.165, 1.54) is 0 Å². The van der Waals surface area contributed by atoms with Gasteiger partial charge in [-0.05, 0) is 0 Å². The van der Waals surface area contributed by atoms with Gasteiger partial charge in [0.2, 0.25) is 0 Å². The SMILES string of the molecule is CC1C(OC2[C@H](O)[C@H](O)C(O)OC23CC3O)O[C@H](CO)C(O)C1O. The maximum absolute atomic E-state index is 10.2. The molecule has 140 valence electrons. The smallest absolute Gasteiger partial charge is 0.184 e. The molecule has 2 aliphatic heterocycles. The molecule has 0 aromatic rings. The van der Waals surface area contributed by atoms with Crippen molar-refractivity contribution in [2.24, 2.45) is 5.92 Å². The number of ether oxygens (including phenoxy) is 3. The van der Waals surface area contributed by atoms with Crippen LogP contribution in [0.1, 0.15) is 13.3 Å². The Morgan fingerprint density at radius 2 is 1.62 bits per heavy atom. The minimum absolute atomic E-state index is 0.0915. The van der Waals surface area contributed by atoms with Crippen LogP contribution in [0.3, 0.4) is 0 Å². The van der Waals surface area contributed by atoms with E-state index in [1.807, 2.05) is 0 Å². The monoisotopic (exact) mass is 352 g/mol. The van der Waals surface area contributed by atoms with E-state index in [-0.39, 0.29) is 6.42 Å². The molecule has 0 aromatic heterocycles. The molecule has 8 unspecified atom stereocenters. The number of hydrogen-bond donors (Lipinski definition) is 7. The lowest BCUT2D eigenvalue weighted by Crippen LogP contribution is -2.64. The molecular weight excluding hydrogens is 328 g/mol. The van der Waals surface area contributed by atoms with Crippen LogP contribution >= 0.6 is 0 Å². The zero-order valence-corrected chi connectivity index (χ0v) is 13.0. The number of hydrogen-bond acceptors (Lipinski definition) is 10. The van der Waals surface area contributed by atoms with Crippen molar-refractivity contribution in [2.45, 2.75) is 74.3 Å². The fourth-order valence-corrected chi connectivity index (χ4v) is 3.39. The summed E-state index contributed by atoms with van der Waals surface area (Å²) < 4.78 is 16.3. The number of rotatable bonds is 3. The van der Waals surface area contributed by atoms with Crippen LogP contribution in [0.25, 0.3) is 0 Å². The second-order valence-electron chi connectivity index (χ2n) is 6.79. The van der Waals surface area contributed by atoms with Crippen molar-refractivity contribution in [2.75, 3.05) is 6.61 Å². The van der Waals surface area contributed by atoms with Crippen LogP contribution in [0.4, 0.5) is 0 Å². The van der Waals surface area contributed by atoms with Crippen LogP contribution in [-0.4, -0.2) is 103 Å². The Balaban J connectivity index is 1.78. The van der Waals surface area contributed by atoms with Crippen LogP contribution < -0.4 is 0 Å². The molecule has 1 spiro atoms. The van der Waals surface area contributed by atoms with E-state index in [2.05, 4.69) is 0 Å². The summed E-state index contributed by atoms with van der Waals surface area (Å²) >= 11 is 0. The summed E-state index contributed by atoms with van der Waals surface area (Å²) in [5.74, 6) is -0.716. The molecule has 2 heterocycles. The Kier molecular flexibility index (Phi) is 4.90. The van der Waals surface area contributed by atoms with Gasteiger partial charge in [-0.1, -0.05) is 6.92 Å². The molecule has 7 N–H and O–H groups in total. The number of aliphatic hydroxyl groups is 7. The summed E-state index contributed by atoms with van der Waals surface area (Å²) in [7, 11) is 0. The second kappa shape index (κ2) is 6.40. The van der Waals surface area contributed by atoms with Crippen molar-refractivity contribution >= 4 is 0 Å². The summed E-state index contributed by atoms with van der Waals surface area (Å²) in [6.07, 6.45) is -11.7. The highest BCUT2D eigenvalue weighted by Crippen LogP contribution is 2.50. The highest BCUT2D eigenvalue weighted by molar-refractivity contribution is 5.17. The molecule has 24 heavy (non-hydrogen) atoms. The zero-order valence-electron chi connectivity index (χ0n) is 13.0. The Morgan fingerprint density at radius 3 is 2.17 bits per heavy atom. The van der Waals surface area contributed by atoms with Gasteiger partial charge in [0.15, 0.2) is 12.6 Å². The highest BCUT2D eigenvalue weighted by atomic mass is 16.7. The quantitative estimate of drug-likeness (QED) is 0.266. The van der Waals surface area contributed by atoms with Crippen molar-refractivity contribution < 1.29 is 50.0 Å². The van der Waals surface area contributed by atoms with Crippen LogP contribution in [0.2, 0.25) is 0 Å². The lowest BCUT2D eigenvalue weighted by molar-refractivity contribution is -0.354. The molecule has 3 fully saturated rings. The van der Waals surface area contributed by atoms with Gasteiger partial charge in [0.05, 0.1) is 18.8 Å². The first kappa shape index (κ1) is 18.4. The zero-order chi connectivity index (χ0) is 17.8. The topological polar surface area (TPSA) is 169 Å². The van der Waals surface area contributed by atoms with E-state index in [0.717, 1.165) is 0 Å². The maximum Gasteiger partial charge on any atom is 0.184 e. The van der Waals surface area contributed by atoms with Crippen LogP contribution in [0.15, 0.2) is 0 Å². The van der Waals surface area contributed by atoms with E-state index in [9.17, 15) is 35.7 Å². The molecule has 0 aromatic carbocycles. The van der Waals surface area contributed by atoms with E-state index in [0.29, 0.717) is 0 Å². The normalized spacial score (nSPS) is 58.0. The largest absolute Gasteiger partial charge is 0.394 e. The fourth-order valence-electron chi connectivity index (χ4n) is 3.39. The van der Waals surface area contributed by atoms with Gasteiger partial charge in [0.25, 0.3) is 0 Å². The molecule has 0 amide bonds. The Labute approximate surface area is 137 Å². The fraction of sp³-hybridized carbons (Fsp3) is 1.00. The van der Waals surface area contributed by atoms with Gasteiger partial charge in [-0.2, -0.15) is 0 Å². The van der Waals surface area contributed by atoms with Gasteiger partial charge in [0.1, 0.15) is 36.1 Å². The third-order valence-electron chi connectivity index (χ3n) is 5.16. The molecule has 0 radical (unpaired) electrons. The first-order valence-electron chi connectivity index (χ1n) is 7.91. The Bertz CT molecular complexity index is 461. The summed E-state index contributed by atoms with van der Waals surface area (Å²) in [5.41, 5.74) is -1.38. The predicted octanol–water partition coefficient (Wildman–Crippen LogP) is -3.98. The van der Waals surface area contributed by atoms with Gasteiger partial charge in [-0.3, -0.25) is 0 Å². The molecule has 1 aliphatic carbocycles. The molecule has 10 nitrogen and oxygen atoms in total. The van der Waals surface area contributed by atoms with Crippen molar-refractivity contribution in [3.63, 3.8) is 0 Å². The van der Waals surface area contributed by atoms with Crippen molar-refractivity contribution in [3.8, 4) is 0 Å². The third kappa shape index (κ3) is 2.76. The standard InChI is InChI=1S/C14H24O10/c1-4-7(17)8(18)5(3-15)22-13(4)23-11-9(19)10(20)12(21)24-14(11)2-6(14)16/h4-13,15-21H,2-3H2,1H3/t4?,5-,6?,7?,8?,9-,10+,11?,12?,13?,14?/m1/s1. The lowest BCUT2D eigenvalue weighted by atomic mass is 9.91. The van der Waals surface area contributed by atoms with Gasteiger partial charge >= 0.3 is 0 Å². The molecule has 3 aliphatic rings. The second-order valence-corrected chi connectivity index (χ2v) is 6.79. The first-order chi connectivity index (χ1) is 11.2. The van der Waals surface area contributed by atoms with Gasteiger partial charge in [0, 0.05) is 12.3 Å². The summed E-state index contributed by atoms with van der Waals surface area (Å²) in [6.45, 7) is 0.993. The van der Waals surface area contributed by atoms with Crippen LogP contribution in [0, 0.1) is 5.92 Å². The summed E-state index contributed by atoms with van der Waals surface area (Å²) in [6, 6.07) is 0. The van der Waals surface area contributed by atoms with Gasteiger partial charge < -0.3 is 50.0 Å². The molecular formula is C14H24O10. The minimum atomic E-state index is -1.67. The van der Waals surface area contributed by atoms with Crippen molar-refractivity contribution in [3.05, 3.63) is 0 Å². The van der Waals surface area contributed by atoms with E-state index in [4.69, 9.17) is 14.2 Å². The molecule has 2 saturated heterocycles. The Morgan fingerprint density at radius 1 is 1.00 bits per heavy atom. The Hall–Kier alpha value is -0.400. The van der Waals surface area contributed by atoms with E-state index < -0.39 is 73.4 Å². The van der Waals surface area contributed by atoms with E-state index in [1.54, 1.807) is 6.92 Å². The first-order valence-corrected chi connectivity index (χ1v) is 7.91. The molecule has 11 atom stereocenters. The van der Waals surface area contributed by atoms with Crippen molar-refractivity contribution in [1.29, 1.82) is 0 Å². The average Bonchev–Trinajstić information content (AvgIpc) is 3.19. The van der Waals surface area contributed by atoms with Crippen LogP contribution in [-0.2, 0) is 14.2 Å². The molecule has 1 saturated carbocycles. The van der Waals surface area contributed by atoms with Crippen LogP contribution in [0.5, 0.6) is 0 Å². The average molecular weight is 352 g/mol. The molecule has 0 bridgehead atoms. The van der Waals surface area contributed by atoms with Crippen molar-refractivity contribution in [1.82, 2.24) is 0 Å². The van der Waals surface area contributed by atoms with Gasteiger partial charge in [-0.25, -0.2) is 0 Å². The minimum Gasteiger partial charge on any atom is -0.394 e. The number of aliphatic hydroxyl groups excluding tert-OH is 7. The van der Waals surface area contributed by atoms with E-state index >= 15 is 0 Å². The summed E-state index contributed by atoms with van der Waals surface area (Å²) in [4.78, 5) is 0. The molecule has 10 heteroatoms. The third-order valence-corrected chi connectivity index (χ3v) is 5.16. The van der Waals surface area contributed by atoms with Gasteiger partial charge in [-0.15, -0.1) is 0 Å². The predicted molar refractivity (Wildman–Crippen MR) is 74.3 cm³/mol. The summed E-state index contributed by atoms with van der Waals surface area (Å²) in [5, 5.41) is 68.6. The molecule has 3 rings (SSSR count). The highest BCUT2D eigenvalue weighted by Gasteiger charge is 2.69. The lowest BCUT2D eigenvalue weighted by Gasteiger charge is -2.46. The maximum atomic E-state index is 10.2.